The van der Waals surface area contributed by atoms with E-state index >= 15 is 0 Å². The van der Waals surface area contributed by atoms with Crippen LogP contribution in [0.2, 0.25) is 0 Å². The van der Waals surface area contributed by atoms with Crippen molar-refractivity contribution >= 4 is 11.8 Å². The van der Waals surface area contributed by atoms with Gasteiger partial charge in [0.1, 0.15) is 5.75 Å². The molecule has 1 heterocycles. The highest BCUT2D eigenvalue weighted by Crippen LogP contribution is 2.20. The second kappa shape index (κ2) is 6.52. The Morgan fingerprint density at radius 2 is 2.10 bits per heavy atom. The summed E-state index contributed by atoms with van der Waals surface area (Å²) in [4.78, 5) is 24.7. The van der Waals surface area contributed by atoms with Gasteiger partial charge in [0.25, 0.3) is 0 Å². The number of imide groups is 1. The SMILES string of the molecule is CC1CC(=O)N(CCCOc2ccccc2CN)C1=O. The summed E-state index contributed by atoms with van der Waals surface area (Å²) in [5.74, 6) is 0.436. The fraction of sp³-hybridized carbons (Fsp3) is 0.467. The van der Waals surface area contributed by atoms with Crippen LogP contribution in [0.25, 0.3) is 0 Å². The second-order valence-electron chi connectivity index (χ2n) is 5.00. The Morgan fingerprint density at radius 1 is 1.35 bits per heavy atom. The van der Waals surface area contributed by atoms with E-state index in [0.29, 0.717) is 32.5 Å². The summed E-state index contributed by atoms with van der Waals surface area (Å²) in [6.45, 7) is 3.10. The Bertz CT molecular complexity index is 502. The number of likely N-dealkylation sites (tertiary alicyclic amines) is 1. The van der Waals surface area contributed by atoms with Crippen LogP contribution in [0.3, 0.4) is 0 Å². The molecule has 2 rings (SSSR count). The Morgan fingerprint density at radius 3 is 2.75 bits per heavy atom. The summed E-state index contributed by atoms with van der Waals surface area (Å²) in [6.07, 6.45) is 0.957. The largest absolute Gasteiger partial charge is 0.493 e. The number of nitrogens with zero attached hydrogens (tertiary/aromatic N) is 1. The molecule has 0 aromatic heterocycles. The fourth-order valence-electron chi connectivity index (χ4n) is 2.30. The van der Waals surface area contributed by atoms with E-state index < -0.39 is 0 Å². The van der Waals surface area contributed by atoms with Crippen LogP contribution in [0.4, 0.5) is 0 Å². The first-order valence-corrected chi connectivity index (χ1v) is 6.88. The van der Waals surface area contributed by atoms with Crippen LogP contribution in [0, 0.1) is 5.92 Å². The molecule has 5 heteroatoms. The van der Waals surface area contributed by atoms with Crippen LogP contribution in [0.15, 0.2) is 24.3 Å². The molecule has 20 heavy (non-hydrogen) atoms. The van der Waals surface area contributed by atoms with Crippen LogP contribution in [-0.4, -0.2) is 29.9 Å². The highest BCUT2D eigenvalue weighted by atomic mass is 16.5. The molecule has 5 nitrogen and oxygen atoms in total. The van der Waals surface area contributed by atoms with E-state index in [4.69, 9.17) is 10.5 Å². The maximum Gasteiger partial charge on any atom is 0.232 e. The summed E-state index contributed by atoms with van der Waals surface area (Å²) in [5, 5.41) is 0. The summed E-state index contributed by atoms with van der Waals surface area (Å²) < 4.78 is 5.66. The predicted molar refractivity (Wildman–Crippen MR) is 74.9 cm³/mol. The van der Waals surface area contributed by atoms with Crippen molar-refractivity contribution in [3.8, 4) is 5.75 Å². The van der Waals surface area contributed by atoms with Crippen LogP contribution < -0.4 is 10.5 Å². The third-order valence-electron chi connectivity index (χ3n) is 3.45. The van der Waals surface area contributed by atoms with E-state index in [-0.39, 0.29) is 17.7 Å². The van der Waals surface area contributed by atoms with Gasteiger partial charge in [-0.25, -0.2) is 0 Å². The predicted octanol–water partition coefficient (Wildman–Crippen LogP) is 1.31. The molecule has 1 atom stereocenters. The molecule has 2 amide bonds. The number of hydrogen-bond acceptors (Lipinski definition) is 4. The maximum absolute atomic E-state index is 11.7. The van der Waals surface area contributed by atoms with Gasteiger partial charge in [-0.3, -0.25) is 14.5 Å². The Labute approximate surface area is 118 Å². The number of carbonyl (C=O) groups excluding carboxylic acids is 2. The zero-order valence-electron chi connectivity index (χ0n) is 11.7. The number of para-hydroxylation sites is 1. The van der Waals surface area contributed by atoms with E-state index in [9.17, 15) is 9.59 Å². The molecular formula is C15H20N2O3. The first-order valence-electron chi connectivity index (χ1n) is 6.88. The quantitative estimate of drug-likeness (QED) is 0.628. The lowest BCUT2D eigenvalue weighted by atomic mass is 10.1. The highest BCUT2D eigenvalue weighted by molar-refractivity contribution is 6.03. The van der Waals surface area contributed by atoms with Crippen molar-refractivity contribution < 1.29 is 14.3 Å². The van der Waals surface area contributed by atoms with Gasteiger partial charge in [0, 0.05) is 31.0 Å². The summed E-state index contributed by atoms with van der Waals surface area (Å²) in [7, 11) is 0. The molecule has 0 spiro atoms. The van der Waals surface area contributed by atoms with Crippen LogP contribution >= 0.6 is 0 Å². The second-order valence-corrected chi connectivity index (χ2v) is 5.00. The lowest BCUT2D eigenvalue weighted by Gasteiger charge is -2.15. The number of ether oxygens (including phenoxy) is 1. The van der Waals surface area contributed by atoms with E-state index in [1.54, 1.807) is 6.92 Å². The van der Waals surface area contributed by atoms with Crippen molar-refractivity contribution in [3.05, 3.63) is 29.8 Å². The third kappa shape index (κ3) is 3.17. The van der Waals surface area contributed by atoms with Crippen LogP contribution in [0.1, 0.15) is 25.3 Å². The molecule has 0 bridgehead atoms. The third-order valence-corrected chi connectivity index (χ3v) is 3.45. The first-order chi connectivity index (χ1) is 9.63. The molecular weight excluding hydrogens is 256 g/mol. The van der Waals surface area contributed by atoms with E-state index in [2.05, 4.69) is 0 Å². The average Bonchev–Trinajstić information content (AvgIpc) is 2.69. The van der Waals surface area contributed by atoms with Crippen molar-refractivity contribution in [2.24, 2.45) is 11.7 Å². The number of rotatable bonds is 6. The lowest BCUT2D eigenvalue weighted by molar-refractivity contribution is -0.139. The fourth-order valence-corrected chi connectivity index (χ4v) is 2.30. The van der Waals surface area contributed by atoms with Gasteiger partial charge in [-0.05, 0) is 12.5 Å². The topological polar surface area (TPSA) is 72.6 Å². The van der Waals surface area contributed by atoms with Crippen molar-refractivity contribution in [1.82, 2.24) is 4.90 Å². The molecule has 1 unspecified atom stereocenters. The van der Waals surface area contributed by atoms with E-state index in [1.807, 2.05) is 24.3 Å². The Hall–Kier alpha value is -1.88. The molecule has 0 aliphatic carbocycles. The zero-order valence-corrected chi connectivity index (χ0v) is 11.7. The summed E-state index contributed by atoms with van der Waals surface area (Å²) in [5.41, 5.74) is 6.58. The summed E-state index contributed by atoms with van der Waals surface area (Å²) >= 11 is 0. The van der Waals surface area contributed by atoms with Gasteiger partial charge < -0.3 is 10.5 Å². The molecule has 1 saturated heterocycles. The number of nitrogens with two attached hydrogens (primary N) is 1. The van der Waals surface area contributed by atoms with Gasteiger partial charge in [0.05, 0.1) is 6.61 Å². The van der Waals surface area contributed by atoms with Gasteiger partial charge in [-0.15, -0.1) is 0 Å². The molecule has 1 aliphatic rings. The Balaban J connectivity index is 1.79. The van der Waals surface area contributed by atoms with Gasteiger partial charge >= 0.3 is 0 Å². The van der Waals surface area contributed by atoms with E-state index in [0.717, 1.165) is 11.3 Å². The number of hydrogen-bond donors (Lipinski definition) is 1. The highest BCUT2D eigenvalue weighted by Gasteiger charge is 2.34. The normalized spacial score (nSPS) is 18.7. The molecule has 1 aromatic carbocycles. The average molecular weight is 276 g/mol. The van der Waals surface area contributed by atoms with Crippen molar-refractivity contribution in [3.63, 3.8) is 0 Å². The van der Waals surface area contributed by atoms with Crippen molar-refractivity contribution in [2.45, 2.75) is 26.3 Å². The minimum atomic E-state index is -0.179. The number of benzene rings is 1. The van der Waals surface area contributed by atoms with Crippen molar-refractivity contribution in [2.75, 3.05) is 13.2 Å². The molecule has 108 valence electrons. The van der Waals surface area contributed by atoms with Crippen LogP contribution in [-0.2, 0) is 16.1 Å². The minimum Gasteiger partial charge on any atom is -0.493 e. The van der Waals surface area contributed by atoms with Gasteiger partial charge in [-0.2, -0.15) is 0 Å². The first kappa shape index (κ1) is 14.5. The monoisotopic (exact) mass is 276 g/mol. The molecule has 1 aliphatic heterocycles. The minimum absolute atomic E-state index is 0.0719. The molecule has 1 aromatic rings. The molecule has 1 fully saturated rings. The zero-order chi connectivity index (χ0) is 14.5. The van der Waals surface area contributed by atoms with Gasteiger partial charge in [0.2, 0.25) is 11.8 Å². The number of carbonyl (C=O) groups is 2. The standard InChI is InChI=1S/C15H20N2O3/c1-11-9-14(18)17(15(11)19)7-4-8-20-13-6-3-2-5-12(13)10-16/h2-3,5-6,11H,4,7-10,16H2,1H3. The molecule has 0 radical (unpaired) electrons. The Kier molecular flexibility index (Phi) is 4.74. The molecule has 0 saturated carbocycles. The van der Waals surface area contributed by atoms with Crippen molar-refractivity contribution in [1.29, 1.82) is 0 Å². The molecule has 2 N–H and O–H groups in total. The lowest BCUT2D eigenvalue weighted by Crippen LogP contribution is -2.32. The van der Waals surface area contributed by atoms with Crippen LogP contribution in [0.5, 0.6) is 5.75 Å². The maximum atomic E-state index is 11.7. The van der Waals surface area contributed by atoms with E-state index in [1.165, 1.54) is 4.90 Å². The van der Waals surface area contributed by atoms with Gasteiger partial charge in [0.15, 0.2) is 0 Å². The van der Waals surface area contributed by atoms with Gasteiger partial charge in [-0.1, -0.05) is 25.1 Å². The number of amides is 2. The summed E-state index contributed by atoms with van der Waals surface area (Å²) in [6, 6.07) is 7.60. The smallest absolute Gasteiger partial charge is 0.232 e.